The Morgan fingerprint density at radius 2 is 1.55 bits per heavy atom. The smallest absolute Gasteiger partial charge is 0.253 e. The van der Waals surface area contributed by atoms with Crippen LogP contribution in [0.4, 0.5) is 5.69 Å². The molecule has 0 aliphatic carbocycles. The molecule has 4 heterocycles. The summed E-state index contributed by atoms with van der Waals surface area (Å²) in [4.78, 5) is 26.8. The lowest BCUT2D eigenvalue weighted by Crippen LogP contribution is -2.45. The Kier molecular flexibility index (Phi) is 9.64. The Morgan fingerprint density at radius 3 is 2.24 bits per heavy atom. The van der Waals surface area contributed by atoms with Gasteiger partial charge in [0.2, 0.25) is 0 Å². The van der Waals surface area contributed by atoms with Crippen molar-refractivity contribution in [1.82, 2.24) is 19.7 Å². The van der Waals surface area contributed by atoms with Gasteiger partial charge in [-0.15, -0.1) is 0 Å². The van der Waals surface area contributed by atoms with Crippen molar-refractivity contribution in [3.05, 3.63) is 89.7 Å². The molecular weight excluding hydrogens is 526 g/mol. The van der Waals surface area contributed by atoms with Gasteiger partial charge in [-0.3, -0.25) is 19.6 Å². The van der Waals surface area contributed by atoms with Crippen molar-refractivity contribution >= 4 is 11.6 Å². The Morgan fingerprint density at radius 1 is 0.833 bits per heavy atom. The minimum Gasteiger partial charge on any atom is -0.493 e. The van der Waals surface area contributed by atoms with E-state index < -0.39 is 0 Å². The van der Waals surface area contributed by atoms with E-state index in [2.05, 4.69) is 62.1 Å². The van der Waals surface area contributed by atoms with Crippen LogP contribution in [-0.2, 0) is 17.8 Å². The largest absolute Gasteiger partial charge is 0.493 e. The summed E-state index contributed by atoms with van der Waals surface area (Å²) in [7, 11) is 0. The minimum atomic E-state index is 0.121. The van der Waals surface area contributed by atoms with Crippen molar-refractivity contribution in [2.24, 2.45) is 5.92 Å². The van der Waals surface area contributed by atoms with E-state index in [0.29, 0.717) is 12.5 Å². The second-order valence-corrected chi connectivity index (χ2v) is 11.8. The van der Waals surface area contributed by atoms with E-state index in [1.54, 1.807) is 0 Å². The number of ether oxygens (including phenoxy) is 2. The van der Waals surface area contributed by atoms with Crippen LogP contribution < -0.4 is 9.64 Å². The van der Waals surface area contributed by atoms with E-state index in [0.717, 1.165) is 109 Å². The number of likely N-dealkylation sites (tertiary alicyclic amines) is 1. The van der Waals surface area contributed by atoms with Gasteiger partial charge < -0.3 is 19.3 Å². The molecule has 0 unspecified atom stereocenters. The topological polar surface area (TPSA) is 61.4 Å². The highest BCUT2D eigenvalue weighted by molar-refractivity contribution is 5.94. The second kappa shape index (κ2) is 14.1. The third-order valence-corrected chi connectivity index (χ3v) is 8.71. The first kappa shape index (κ1) is 28.6. The molecule has 1 aromatic heterocycles. The summed E-state index contributed by atoms with van der Waals surface area (Å²) < 4.78 is 11.7. The summed E-state index contributed by atoms with van der Waals surface area (Å²) in [5.41, 5.74) is 4.52. The summed E-state index contributed by atoms with van der Waals surface area (Å²) in [6.07, 6.45) is 5.90. The molecule has 0 spiro atoms. The van der Waals surface area contributed by atoms with Crippen LogP contribution in [0.5, 0.6) is 5.75 Å². The first-order chi connectivity index (χ1) is 20.7. The normalized spacial score (nSPS) is 20.4. The molecule has 2 aromatic carbocycles. The van der Waals surface area contributed by atoms with Gasteiger partial charge in [0, 0.05) is 95.0 Å². The zero-order valence-corrected chi connectivity index (χ0v) is 24.6. The number of piperazine rings is 1. The molecule has 8 nitrogen and oxygen atoms in total. The Balaban J connectivity index is 0.928. The van der Waals surface area contributed by atoms with Crippen LogP contribution in [0, 0.1) is 5.92 Å². The van der Waals surface area contributed by atoms with Gasteiger partial charge in [-0.1, -0.05) is 18.2 Å². The number of morpholine rings is 1. The average Bonchev–Trinajstić information content (AvgIpc) is 3.06. The zero-order valence-electron chi connectivity index (χ0n) is 24.6. The van der Waals surface area contributed by atoms with Crippen molar-refractivity contribution < 1.29 is 14.3 Å². The number of carbonyl (C=O) groups is 1. The fourth-order valence-corrected chi connectivity index (χ4v) is 6.22. The van der Waals surface area contributed by atoms with E-state index in [4.69, 9.17) is 9.47 Å². The average molecular weight is 570 g/mol. The Labute approximate surface area is 249 Å². The SMILES string of the molecule is O=C(c1ccc(N2CCOCC2)cc1)N1CCC[C@H](COc2ccc(CN3CCN(Cc4cccnc4)CC3)cc2)C1. The summed E-state index contributed by atoms with van der Waals surface area (Å²) in [5.74, 6) is 1.37. The number of carbonyl (C=O) groups excluding carboxylic acids is 1. The number of rotatable bonds is 9. The van der Waals surface area contributed by atoms with Gasteiger partial charge in [-0.05, 0) is 66.4 Å². The van der Waals surface area contributed by atoms with Crippen LogP contribution in [0.15, 0.2) is 73.1 Å². The summed E-state index contributed by atoms with van der Waals surface area (Å²) >= 11 is 0. The quantitative estimate of drug-likeness (QED) is 0.384. The molecule has 1 atom stereocenters. The molecule has 3 aliphatic heterocycles. The van der Waals surface area contributed by atoms with Crippen LogP contribution in [0.2, 0.25) is 0 Å². The van der Waals surface area contributed by atoms with Gasteiger partial charge in [-0.25, -0.2) is 0 Å². The molecule has 0 radical (unpaired) electrons. The predicted octanol–water partition coefficient (Wildman–Crippen LogP) is 4.17. The lowest BCUT2D eigenvalue weighted by atomic mass is 9.98. The van der Waals surface area contributed by atoms with Crippen molar-refractivity contribution in [1.29, 1.82) is 0 Å². The maximum Gasteiger partial charge on any atom is 0.253 e. The minimum absolute atomic E-state index is 0.121. The first-order valence-electron chi connectivity index (χ1n) is 15.5. The van der Waals surface area contributed by atoms with Crippen molar-refractivity contribution in [3.63, 3.8) is 0 Å². The van der Waals surface area contributed by atoms with Crippen LogP contribution in [0.1, 0.15) is 34.3 Å². The highest BCUT2D eigenvalue weighted by atomic mass is 16.5. The maximum absolute atomic E-state index is 13.3. The molecule has 42 heavy (non-hydrogen) atoms. The fourth-order valence-electron chi connectivity index (χ4n) is 6.22. The maximum atomic E-state index is 13.3. The number of pyridine rings is 1. The lowest BCUT2D eigenvalue weighted by molar-refractivity contribution is 0.0633. The molecular formula is C34H43N5O3. The van der Waals surface area contributed by atoms with Crippen LogP contribution >= 0.6 is 0 Å². The fraction of sp³-hybridized carbons (Fsp3) is 0.471. The van der Waals surface area contributed by atoms with Crippen molar-refractivity contribution in [2.75, 3.05) is 77.1 Å². The molecule has 0 bridgehead atoms. The van der Waals surface area contributed by atoms with Crippen molar-refractivity contribution in [3.8, 4) is 5.75 Å². The molecule has 1 amide bonds. The lowest BCUT2D eigenvalue weighted by Gasteiger charge is -2.34. The standard InChI is InChI=1S/C34H43N5O3/c40-34(31-7-9-32(10-8-31)38-19-21-41-22-20-38)39-14-2-4-30(26-39)27-42-33-11-5-28(6-12-33)24-36-15-17-37(18-16-36)25-29-3-1-13-35-23-29/h1,3,5-13,23,30H,2,4,14-22,24-27H2/t30-/m0/s1. The van der Waals surface area contributed by atoms with Gasteiger partial charge in [0.05, 0.1) is 19.8 Å². The number of hydrogen-bond acceptors (Lipinski definition) is 7. The zero-order chi connectivity index (χ0) is 28.6. The molecule has 8 heteroatoms. The first-order valence-corrected chi connectivity index (χ1v) is 15.5. The van der Waals surface area contributed by atoms with Crippen LogP contribution in [0.3, 0.4) is 0 Å². The van der Waals surface area contributed by atoms with E-state index in [9.17, 15) is 4.79 Å². The third-order valence-electron chi connectivity index (χ3n) is 8.71. The van der Waals surface area contributed by atoms with Crippen molar-refractivity contribution in [2.45, 2.75) is 25.9 Å². The van der Waals surface area contributed by atoms with Gasteiger partial charge in [-0.2, -0.15) is 0 Å². The molecule has 222 valence electrons. The number of hydrogen-bond donors (Lipinski definition) is 0. The molecule has 3 fully saturated rings. The highest BCUT2D eigenvalue weighted by Gasteiger charge is 2.25. The number of nitrogens with zero attached hydrogens (tertiary/aromatic N) is 5. The predicted molar refractivity (Wildman–Crippen MR) is 165 cm³/mol. The number of benzene rings is 2. The van der Waals surface area contributed by atoms with Gasteiger partial charge >= 0.3 is 0 Å². The van der Waals surface area contributed by atoms with E-state index in [1.807, 2.05) is 35.5 Å². The Bertz CT molecular complexity index is 1260. The van der Waals surface area contributed by atoms with E-state index in [1.165, 1.54) is 11.1 Å². The van der Waals surface area contributed by atoms with Crippen LogP contribution in [-0.4, -0.2) is 97.8 Å². The summed E-state index contributed by atoms with van der Waals surface area (Å²) in [6.45, 7) is 11.8. The molecule has 0 N–H and O–H groups in total. The molecule has 3 saturated heterocycles. The third kappa shape index (κ3) is 7.68. The number of piperidine rings is 1. The van der Waals surface area contributed by atoms with E-state index in [-0.39, 0.29) is 5.91 Å². The molecule has 6 rings (SSSR count). The van der Waals surface area contributed by atoms with Gasteiger partial charge in [0.15, 0.2) is 0 Å². The molecule has 3 aromatic rings. The van der Waals surface area contributed by atoms with E-state index >= 15 is 0 Å². The Hall–Kier alpha value is -3.46. The summed E-state index contributed by atoms with van der Waals surface area (Å²) in [5, 5.41) is 0. The van der Waals surface area contributed by atoms with Crippen LogP contribution in [0.25, 0.3) is 0 Å². The van der Waals surface area contributed by atoms with Gasteiger partial charge in [0.1, 0.15) is 5.75 Å². The molecule has 0 saturated carbocycles. The molecule has 3 aliphatic rings. The second-order valence-electron chi connectivity index (χ2n) is 11.8. The van der Waals surface area contributed by atoms with Gasteiger partial charge in [0.25, 0.3) is 5.91 Å². The number of aromatic nitrogens is 1. The number of anilines is 1. The number of amides is 1. The highest BCUT2D eigenvalue weighted by Crippen LogP contribution is 2.23. The summed E-state index contributed by atoms with van der Waals surface area (Å²) in [6, 6.07) is 20.8. The monoisotopic (exact) mass is 569 g/mol.